The summed E-state index contributed by atoms with van der Waals surface area (Å²) in [5.74, 6) is 1.19. The average Bonchev–Trinajstić information content (AvgIpc) is 2.88. The number of amides is 1. The molecule has 0 fully saturated rings. The van der Waals surface area contributed by atoms with Gasteiger partial charge in [-0.15, -0.1) is 0 Å². The van der Waals surface area contributed by atoms with Gasteiger partial charge in [-0.05, 0) is 35.9 Å². The first-order chi connectivity index (χ1) is 9.67. The van der Waals surface area contributed by atoms with Crippen molar-refractivity contribution in [2.45, 2.75) is 6.54 Å². The van der Waals surface area contributed by atoms with Gasteiger partial charge in [-0.3, -0.25) is 4.79 Å². The summed E-state index contributed by atoms with van der Waals surface area (Å²) in [5, 5.41) is 6.04. The maximum absolute atomic E-state index is 11.1. The van der Waals surface area contributed by atoms with Crippen LogP contribution in [0.4, 0.5) is 5.69 Å². The van der Waals surface area contributed by atoms with Crippen molar-refractivity contribution in [1.29, 1.82) is 0 Å². The third kappa shape index (κ3) is 4.20. The molecule has 0 atom stereocenters. The first-order valence-corrected chi connectivity index (χ1v) is 6.46. The highest BCUT2D eigenvalue weighted by molar-refractivity contribution is 6.28. The Kier molecular flexibility index (Phi) is 4.90. The van der Waals surface area contributed by atoms with Gasteiger partial charge in [0.05, 0.1) is 6.54 Å². The second-order valence-corrected chi connectivity index (χ2v) is 4.42. The first kappa shape index (κ1) is 14.3. The Morgan fingerprint density at radius 2 is 2.20 bits per heavy atom. The van der Waals surface area contributed by atoms with Crippen LogP contribution in [0.15, 0.2) is 40.8 Å². The monoisotopic (exact) mass is 294 g/mol. The van der Waals surface area contributed by atoms with Crippen LogP contribution in [-0.2, 0) is 11.3 Å². The molecule has 0 aliphatic rings. The van der Waals surface area contributed by atoms with E-state index in [2.05, 4.69) is 10.6 Å². The number of furan rings is 1. The van der Waals surface area contributed by atoms with Crippen molar-refractivity contribution < 1.29 is 13.9 Å². The maximum Gasteiger partial charge on any atom is 0.257 e. The summed E-state index contributed by atoms with van der Waals surface area (Å²) in [6.45, 7) is 0.513. The normalized spacial score (nSPS) is 10.1. The van der Waals surface area contributed by atoms with Gasteiger partial charge in [0.1, 0.15) is 11.5 Å². The number of halogens is 1. The zero-order valence-corrected chi connectivity index (χ0v) is 11.7. The van der Waals surface area contributed by atoms with Gasteiger partial charge in [0.2, 0.25) is 0 Å². The first-order valence-electron chi connectivity index (χ1n) is 6.09. The summed E-state index contributed by atoms with van der Waals surface area (Å²) in [5.41, 5.74) is 0.868. The Balaban J connectivity index is 1.90. The van der Waals surface area contributed by atoms with Crippen molar-refractivity contribution in [3.63, 3.8) is 0 Å². The largest absolute Gasteiger partial charge is 0.484 e. The van der Waals surface area contributed by atoms with Crippen LogP contribution in [0, 0.1) is 0 Å². The average molecular weight is 295 g/mol. The van der Waals surface area contributed by atoms with Crippen molar-refractivity contribution in [2.75, 3.05) is 19.0 Å². The third-order valence-corrected chi connectivity index (χ3v) is 2.78. The van der Waals surface area contributed by atoms with E-state index in [0.717, 1.165) is 11.4 Å². The van der Waals surface area contributed by atoms with Gasteiger partial charge in [0.15, 0.2) is 11.8 Å². The van der Waals surface area contributed by atoms with Gasteiger partial charge in [-0.2, -0.15) is 0 Å². The number of benzene rings is 1. The van der Waals surface area contributed by atoms with Gasteiger partial charge in [-0.25, -0.2) is 0 Å². The molecule has 106 valence electrons. The summed E-state index contributed by atoms with van der Waals surface area (Å²) in [7, 11) is 1.57. The van der Waals surface area contributed by atoms with Gasteiger partial charge < -0.3 is 19.8 Å². The smallest absolute Gasteiger partial charge is 0.257 e. The van der Waals surface area contributed by atoms with Crippen LogP contribution in [-0.4, -0.2) is 19.6 Å². The number of carbonyl (C=O) groups excluding carboxylic acids is 1. The maximum atomic E-state index is 11.1. The number of hydrogen-bond donors (Lipinski definition) is 2. The lowest BCUT2D eigenvalue weighted by Gasteiger charge is -2.08. The molecule has 1 aromatic heterocycles. The highest BCUT2D eigenvalue weighted by Crippen LogP contribution is 2.19. The van der Waals surface area contributed by atoms with Crippen LogP contribution in [0.5, 0.6) is 5.75 Å². The van der Waals surface area contributed by atoms with Gasteiger partial charge in [0, 0.05) is 18.8 Å². The topological polar surface area (TPSA) is 63.5 Å². The Morgan fingerprint density at radius 3 is 2.90 bits per heavy atom. The number of nitrogens with one attached hydrogen (secondary N) is 2. The van der Waals surface area contributed by atoms with E-state index in [9.17, 15) is 4.79 Å². The Hall–Kier alpha value is -2.14. The minimum absolute atomic E-state index is 0.00621. The summed E-state index contributed by atoms with van der Waals surface area (Å²) in [6, 6.07) is 10.8. The fraction of sp³-hybridized carbons (Fsp3) is 0.214. The lowest BCUT2D eigenvalue weighted by molar-refractivity contribution is -0.122. The molecule has 2 aromatic rings. The second-order valence-electron chi connectivity index (χ2n) is 4.05. The van der Waals surface area contributed by atoms with E-state index in [1.165, 1.54) is 0 Å². The molecule has 5 nitrogen and oxygen atoms in total. The van der Waals surface area contributed by atoms with Gasteiger partial charge >= 0.3 is 0 Å². The lowest BCUT2D eigenvalue weighted by Crippen LogP contribution is -2.24. The van der Waals surface area contributed by atoms with Crippen molar-refractivity contribution in [2.24, 2.45) is 0 Å². The second kappa shape index (κ2) is 6.86. The molecule has 0 bridgehead atoms. The predicted octanol–water partition coefficient (Wildman–Crippen LogP) is 2.67. The molecule has 0 saturated carbocycles. The minimum atomic E-state index is -0.173. The number of carbonyl (C=O) groups is 1. The molecule has 0 aliphatic carbocycles. The molecule has 0 unspecified atom stereocenters. The molecule has 6 heteroatoms. The molecule has 1 amide bonds. The molecule has 0 aliphatic heterocycles. The van der Waals surface area contributed by atoms with E-state index in [1.807, 2.05) is 18.2 Å². The van der Waals surface area contributed by atoms with Crippen LogP contribution < -0.4 is 15.4 Å². The predicted molar refractivity (Wildman–Crippen MR) is 77.0 cm³/mol. The highest BCUT2D eigenvalue weighted by Gasteiger charge is 2.02. The van der Waals surface area contributed by atoms with Crippen molar-refractivity contribution in [1.82, 2.24) is 5.32 Å². The van der Waals surface area contributed by atoms with E-state index in [0.29, 0.717) is 17.5 Å². The zero-order chi connectivity index (χ0) is 14.4. The number of rotatable bonds is 6. The quantitative estimate of drug-likeness (QED) is 0.860. The van der Waals surface area contributed by atoms with E-state index < -0.39 is 0 Å². The van der Waals surface area contributed by atoms with Crippen LogP contribution in [0.25, 0.3) is 0 Å². The molecule has 2 N–H and O–H groups in total. The third-order valence-electron chi connectivity index (χ3n) is 2.58. The number of anilines is 1. The zero-order valence-electron chi connectivity index (χ0n) is 11.0. The van der Waals surface area contributed by atoms with Crippen molar-refractivity contribution >= 4 is 23.2 Å². The Morgan fingerprint density at radius 1 is 1.35 bits per heavy atom. The SMILES string of the molecule is CNC(=O)COc1cccc(NCc2ccc(Cl)o2)c1. The van der Waals surface area contributed by atoms with Crippen LogP contribution >= 0.6 is 11.6 Å². The molecular weight excluding hydrogens is 280 g/mol. The lowest BCUT2D eigenvalue weighted by atomic mass is 10.3. The van der Waals surface area contributed by atoms with Gasteiger partial charge in [0.25, 0.3) is 5.91 Å². The van der Waals surface area contributed by atoms with E-state index in [1.54, 1.807) is 25.2 Å². The van der Waals surface area contributed by atoms with E-state index in [4.69, 9.17) is 20.8 Å². The molecular formula is C14H15ClN2O3. The van der Waals surface area contributed by atoms with E-state index in [-0.39, 0.29) is 12.5 Å². The van der Waals surface area contributed by atoms with E-state index >= 15 is 0 Å². The van der Waals surface area contributed by atoms with Crippen molar-refractivity contribution in [3.05, 3.63) is 47.4 Å². The number of ether oxygens (including phenoxy) is 1. The molecule has 0 spiro atoms. The highest BCUT2D eigenvalue weighted by atomic mass is 35.5. The summed E-state index contributed by atoms with van der Waals surface area (Å²) in [4.78, 5) is 11.1. The van der Waals surface area contributed by atoms with Crippen LogP contribution in [0.2, 0.25) is 5.22 Å². The molecule has 1 aromatic carbocycles. The fourth-order valence-corrected chi connectivity index (χ4v) is 1.71. The number of likely N-dealkylation sites (N-methyl/N-ethyl adjacent to an activating group) is 1. The fourth-order valence-electron chi connectivity index (χ4n) is 1.55. The van der Waals surface area contributed by atoms with Crippen LogP contribution in [0.1, 0.15) is 5.76 Å². The summed E-state index contributed by atoms with van der Waals surface area (Å²) >= 11 is 5.70. The van der Waals surface area contributed by atoms with Crippen molar-refractivity contribution in [3.8, 4) is 5.75 Å². The summed E-state index contributed by atoms with van der Waals surface area (Å²) in [6.07, 6.45) is 0. The molecule has 1 heterocycles. The molecule has 0 saturated heterocycles. The number of hydrogen-bond acceptors (Lipinski definition) is 4. The van der Waals surface area contributed by atoms with Crippen LogP contribution in [0.3, 0.4) is 0 Å². The molecule has 0 radical (unpaired) electrons. The minimum Gasteiger partial charge on any atom is -0.484 e. The standard InChI is InChI=1S/C14H15ClN2O3/c1-16-14(18)9-19-11-4-2-3-10(7-11)17-8-12-5-6-13(15)20-12/h2-7,17H,8-9H2,1H3,(H,16,18). The molecule has 20 heavy (non-hydrogen) atoms. The Bertz CT molecular complexity index is 583. The molecule has 2 rings (SSSR count). The van der Waals surface area contributed by atoms with Gasteiger partial charge in [-0.1, -0.05) is 6.07 Å². The summed E-state index contributed by atoms with van der Waals surface area (Å²) < 4.78 is 10.6. The Labute approximate surface area is 121 Å².